The fourth-order valence-electron chi connectivity index (χ4n) is 3.19. The van der Waals surface area contributed by atoms with Crippen molar-refractivity contribution < 1.29 is 19.2 Å². The van der Waals surface area contributed by atoms with Crippen molar-refractivity contribution in [2.45, 2.75) is 19.0 Å². The fourth-order valence-corrected chi connectivity index (χ4v) is 3.19. The van der Waals surface area contributed by atoms with Crippen LogP contribution in [-0.2, 0) is 27.3 Å². The van der Waals surface area contributed by atoms with E-state index in [-0.39, 0.29) is 18.1 Å². The number of hydrogen-bond acceptors (Lipinski definition) is 6. The third kappa shape index (κ3) is 4.29. The van der Waals surface area contributed by atoms with Crippen LogP contribution in [0.2, 0.25) is 0 Å². The minimum atomic E-state index is -0.555. The Morgan fingerprint density at radius 1 is 1.22 bits per heavy atom. The average Bonchev–Trinajstić information content (AvgIpc) is 2.67. The number of fused-ring (bicyclic) bond motifs is 1. The molecule has 0 unspecified atom stereocenters. The summed E-state index contributed by atoms with van der Waals surface area (Å²) in [6.07, 6.45) is 0.465. The molecular weight excluding hydrogens is 350 g/mol. The van der Waals surface area contributed by atoms with E-state index >= 15 is 0 Å². The Hall–Kier alpha value is -3.26. The van der Waals surface area contributed by atoms with E-state index in [1.807, 2.05) is 24.3 Å². The number of nitrogens with one attached hydrogen (secondary N) is 1. The van der Waals surface area contributed by atoms with Gasteiger partial charge in [0.05, 0.1) is 18.6 Å². The number of hydrogen-bond donors (Lipinski definition) is 1. The summed E-state index contributed by atoms with van der Waals surface area (Å²) in [6.45, 7) is 0.412. The van der Waals surface area contributed by atoms with Crippen molar-refractivity contribution in [3.63, 3.8) is 0 Å². The Labute approximate surface area is 155 Å². The normalized spacial score (nSPS) is 16.3. The van der Waals surface area contributed by atoms with E-state index in [9.17, 15) is 19.7 Å². The maximum atomic E-state index is 12.5. The first-order chi connectivity index (χ1) is 13.0. The summed E-state index contributed by atoms with van der Waals surface area (Å²) < 4.78 is 4.89. The van der Waals surface area contributed by atoms with Crippen LogP contribution in [0, 0.1) is 10.1 Å². The van der Waals surface area contributed by atoms with Crippen LogP contribution in [0.4, 0.5) is 11.4 Å². The Morgan fingerprint density at radius 2 is 1.96 bits per heavy atom. The summed E-state index contributed by atoms with van der Waals surface area (Å²) in [7, 11) is 1.32. The van der Waals surface area contributed by atoms with Crippen LogP contribution < -0.4 is 5.32 Å². The molecule has 8 nitrogen and oxygen atoms in total. The van der Waals surface area contributed by atoms with Crippen LogP contribution in [0.15, 0.2) is 48.5 Å². The summed E-state index contributed by atoms with van der Waals surface area (Å²) >= 11 is 0. The minimum Gasteiger partial charge on any atom is -0.468 e. The molecular formula is C19H19N3O5. The highest BCUT2D eigenvalue weighted by atomic mass is 16.6. The molecule has 27 heavy (non-hydrogen) atoms. The number of non-ortho nitro benzene ring substituents is 1. The van der Waals surface area contributed by atoms with Gasteiger partial charge in [-0.15, -0.1) is 0 Å². The first kappa shape index (κ1) is 18.5. The molecule has 0 saturated heterocycles. The molecule has 0 aliphatic carbocycles. The number of ether oxygens (including phenoxy) is 1. The number of nitro benzene ring substituents is 1. The Balaban J connectivity index is 1.74. The van der Waals surface area contributed by atoms with Gasteiger partial charge in [-0.2, -0.15) is 0 Å². The number of esters is 1. The van der Waals surface area contributed by atoms with E-state index in [2.05, 4.69) is 5.32 Å². The second kappa shape index (κ2) is 7.96. The van der Waals surface area contributed by atoms with Gasteiger partial charge in [-0.3, -0.25) is 24.6 Å². The van der Waals surface area contributed by atoms with E-state index in [1.165, 1.54) is 25.3 Å². The van der Waals surface area contributed by atoms with E-state index < -0.39 is 16.9 Å². The second-order valence-electron chi connectivity index (χ2n) is 6.27. The van der Waals surface area contributed by atoms with Crippen molar-refractivity contribution in [1.82, 2.24) is 4.90 Å². The van der Waals surface area contributed by atoms with Crippen LogP contribution in [0.5, 0.6) is 0 Å². The Bertz CT molecular complexity index is 883. The summed E-state index contributed by atoms with van der Waals surface area (Å²) in [6, 6.07) is 12.9. The van der Waals surface area contributed by atoms with Gasteiger partial charge in [-0.25, -0.2) is 0 Å². The van der Waals surface area contributed by atoms with Crippen LogP contribution in [0.3, 0.4) is 0 Å². The van der Waals surface area contributed by atoms with Crippen molar-refractivity contribution in [2.24, 2.45) is 0 Å². The SMILES string of the molecule is COC(=O)[C@H]1Cc2ccccc2CN1CC(=O)Nc1cccc([N+](=O)[O-])c1. The van der Waals surface area contributed by atoms with Gasteiger partial charge in [0.15, 0.2) is 0 Å². The van der Waals surface area contributed by atoms with E-state index in [4.69, 9.17) is 4.74 Å². The smallest absolute Gasteiger partial charge is 0.323 e. The fraction of sp³-hybridized carbons (Fsp3) is 0.263. The molecule has 8 heteroatoms. The predicted molar refractivity (Wildman–Crippen MR) is 98.1 cm³/mol. The van der Waals surface area contributed by atoms with Crippen molar-refractivity contribution in [3.05, 3.63) is 69.8 Å². The van der Waals surface area contributed by atoms with Gasteiger partial charge in [0.25, 0.3) is 5.69 Å². The first-order valence-electron chi connectivity index (χ1n) is 8.41. The summed E-state index contributed by atoms with van der Waals surface area (Å²) in [5.41, 5.74) is 2.34. The third-order valence-electron chi connectivity index (χ3n) is 4.51. The highest BCUT2D eigenvalue weighted by Crippen LogP contribution is 2.24. The molecule has 0 radical (unpaired) electrons. The molecule has 2 aromatic carbocycles. The molecule has 2 aromatic rings. The molecule has 1 amide bonds. The largest absolute Gasteiger partial charge is 0.468 e. The molecule has 1 N–H and O–H groups in total. The predicted octanol–water partition coefficient (Wildman–Crippen LogP) is 2.13. The number of anilines is 1. The van der Waals surface area contributed by atoms with Crippen LogP contribution in [0.1, 0.15) is 11.1 Å². The lowest BCUT2D eigenvalue weighted by Crippen LogP contribution is -2.49. The van der Waals surface area contributed by atoms with Crippen LogP contribution in [-0.4, -0.2) is 41.4 Å². The number of rotatable bonds is 5. The Morgan fingerprint density at radius 3 is 2.67 bits per heavy atom. The van der Waals surface area contributed by atoms with Crippen molar-refractivity contribution in [2.75, 3.05) is 19.0 Å². The van der Waals surface area contributed by atoms with E-state index in [1.54, 1.807) is 11.0 Å². The lowest BCUT2D eigenvalue weighted by Gasteiger charge is -2.34. The van der Waals surface area contributed by atoms with Crippen molar-refractivity contribution in [3.8, 4) is 0 Å². The molecule has 1 aliphatic heterocycles. The zero-order valence-corrected chi connectivity index (χ0v) is 14.8. The van der Waals surface area contributed by atoms with Gasteiger partial charge in [0.1, 0.15) is 6.04 Å². The molecule has 0 spiro atoms. The number of benzene rings is 2. The maximum absolute atomic E-state index is 12.5. The Kier molecular flexibility index (Phi) is 5.46. The number of nitro groups is 1. The molecule has 1 aliphatic rings. The van der Waals surface area contributed by atoms with Gasteiger partial charge >= 0.3 is 5.97 Å². The average molecular weight is 369 g/mol. The zero-order valence-electron chi connectivity index (χ0n) is 14.8. The zero-order chi connectivity index (χ0) is 19.4. The first-order valence-corrected chi connectivity index (χ1v) is 8.41. The monoisotopic (exact) mass is 369 g/mol. The van der Waals surface area contributed by atoms with Gasteiger partial charge in [-0.1, -0.05) is 30.3 Å². The second-order valence-corrected chi connectivity index (χ2v) is 6.27. The molecule has 0 fully saturated rings. The molecule has 140 valence electrons. The van der Waals surface area contributed by atoms with Gasteiger partial charge in [-0.05, 0) is 23.6 Å². The third-order valence-corrected chi connectivity index (χ3v) is 4.51. The topological polar surface area (TPSA) is 102 Å². The standard InChI is InChI=1S/C19H19N3O5/c1-27-19(24)17-9-13-5-2-3-6-14(13)11-21(17)12-18(23)20-15-7-4-8-16(10-15)22(25)26/h2-8,10,17H,9,11-12H2,1H3,(H,20,23)/t17-/m1/s1. The minimum absolute atomic E-state index is 0.0310. The lowest BCUT2D eigenvalue weighted by atomic mass is 9.94. The van der Waals surface area contributed by atoms with Crippen LogP contribution >= 0.6 is 0 Å². The maximum Gasteiger partial charge on any atom is 0.323 e. The number of amides is 1. The molecule has 1 atom stereocenters. The van der Waals surface area contributed by atoms with E-state index in [0.717, 1.165) is 11.1 Å². The van der Waals surface area contributed by atoms with Crippen molar-refractivity contribution in [1.29, 1.82) is 0 Å². The lowest BCUT2D eigenvalue weighted by molar-refractivity contribution is -0.384. The summed E-state index contributed by atoms with van der Waals surface area (Å²) in [4.78, 5) is 36.7. The van der Waals surface area contributed by atoms with Gasteiger partial charge in [0, 0.05) is 24.4 Å². The molecule has 0 bridgehead atoms. The van der Waals surface area contributed by atoms with Crippen LogP contribution in [0.25, 0.3) is 0 Å². The van der Waals surface area contributed by atoms with Gasteiger partial charge < -0.3 is 10.1 Å². The highest BCUT2D eigenvalue weighted by molar-refractivity contribution is 5.93. The number of nitrogens with zero attached hydrogens (tertiary/aromatic N) is 2. The van der Waals surface area contributed by atoms with Crippen molar-refractivity contribution >= 4 is 23.3 Å². The van der Waals surface area contributed by atoms with E-state index in [0.29, 0.717) is 18.7 Å². The molecule has 3 rings (SSSR count). The molecule has 1 heterocycles. The van der Waals surface area contributed by atoms with Gasteiger partial charge in [0.2, 0.25) is 5.91 Å². The quantitative estimate of drug-likeness (QED) is 0.492. The number of methoxy groups -OCH3 is 1. The summed E-state index contributed by atoms with van der Waals surface area (Å²) in [5, 5.41) is 13.5. The number of carbonyl (C=O) groups is 2. The highest BCUT2D eigenvalue weighted by Gasteiger charge is 2.33. The molecule has 0 aromatic heterocycles. The molecule has 0 saturated carbocycles. The summed E-state index contributed by atoms with van der Waals surface area (Å²) in [5.74, 6) is -0.753. The number of carbonyl (C=O) groups excluding carboxylic acids is 2.